The number of aromatic nitrogens is 1. The maximum Gasteiger partial charge on any atom is 0.573 e. The second kappa shape index (κ2) is 10.9. The molecule has 2 aromatic carbocycles. The van der Waals surface area contributed by atoms with Crippen molar-refractivity contribution in [3.8, 4) is 17.2 Å². The second-order valence-corrected chi connectivity index (χ2v) is 10.7. The number of piperidine rings is 2. The number of hydrogen-bond acceptors (Lipinski definition) is 4. The lowest BCUT2D eigenvalue weighted by molar-refractivity contribution is -0.274. The van der Waals surface area contributed by atoms with E-state index in [4.69, 9.17) is 4.74 Å². The topological polar surface area (TPSA) is 46.9 Å². The Balaban J connectivity index is 1.45. The SMILES string of the molecule is CC(C)N1CCC(Oc2ccc3c(c2)cc(C(=O)N2CCC(F)(F)CC2)n3-c2ccc(OC(F)(F)F)cc2)CC1. The highest BCUT2D eigenvalue weighted by molar-refractivity contribution is 6.00. The standard InChI is InChI=1S/C29H32F5N3O3/c1-19(2)35-13-9-22(10-14-35)39-24-7-8-25-20(17-24)18-26(27(38)36-15-11-28(30,31)12-16-36)37(25)21-3-5-23(6-4-21)40-29(32,33)34/h3-8,17-19,22H,9-16H2,1-2H3. The Morgan fingerprint density at radius 2 is 1.55 bits per heavy atom. The third kappa shape index (κ3) is 6.35. The minimum Gasteiger partial charge on any atom is -0.490 e. The van der Waals surface area contributed by atoms with Crippen molar-refractivity contribution in [1.29, 1.82) is 0 Å². The van der Waals surface area contributed by atoms with Gasteiger partial charge in [0.05, 0.1) is 5.52 Å². The average molecular weight is 566 g/mol. The fraction of sp³-hybridized carbons (Fsp3) is 0.483. The summed E-state index contributed by atoms with van der Waals surface area (Å²) in [5.74, 6) is -2.97. The highest BCUT2D eigenvalue weighted by Gasteiger charge is 2.37. The zero-order valence-electron chi connectivity index (χ0n) is 22.4. The predicted octanol–water partition coefficient (Wildman–Crippen LogP) is 6.65. The van der Waals surface area contributed by atoms with Crippen molar-refractivity contribution in [2.24, 2.45) is 0 Å². The molecule has 0 spiro atoms. The largest absolute Gasteiger partial charge is 0.573 e. The molecule has 0 unspecified atom stereocenters. The molecule has 2 aliphatic rings. The third-order valence-electron chi connectivity index (χ3n) is 7.61. The van der Waals surface area contributed by atoms with Gasteiger partial charge in [-0.2, -0.15) is 0 Å². The van der Waals surface area contributed by atoms with Crippen molar-refractivity contribution < 1.29 is 36.2 Å². The molecule has 0 saturated carbocycles. The molecule has 2 saturated heterocycles. The van der Waals surface area contributed by atoms with Crippen LogP contribution in [0.15, 0.2) is 48.5 Å². The van der Waals surface area contributed by atoms with Crippen LogP contribution in [0, 0.1) is 0 Å². The van der Waals surface area contributed by atoms with E-state index in [2.05, 4.69) is 23.5 Å². The molecule has 2 aliphatic heterocycles. The Morgan fingerprint density at radius 3 is 2.15 bits per heavy atom. The van der Waals surface area contributed by atoms with Gasteiger partial charge in [-0.1, -0.05) is 0 Å². The number of alkyl halides is 5. The van der Waals surface area contributed by atoms with E-state index in [1.54, 1.807) is 16.7 Å². The van der Waals surface area contributed by atoms with E-state index >= 15 is 0 Å². The molecule has 0 bridgehead atoms. The minimum absolute atomic E-state index is 0.0619. The Hall–Kier alpha value is -3.34. The maximum absolute atomic E-state index is 13.8. The number of hydrogen-bond donors (Lipinski definition) is 0. The second-order valence-electron chi connectivity index (χ2n) is 10.7. The van der Waals surface area contributed by atoms with Crippen LogP contribution in [-0.2, 0) is 0 Å². The number of carbonyl (C=O) groups is 1. The van der Waals surface area contributed by atoms with Crippen LogP contribution in [0.4, 0.5) is 22.0 Å². The lowest BCUT2D eigenvalue weighted by Gasteiger charge is -2.34. The minimum atomic E-state index is -4.83. The quantitative estimate of drug-likeness (QED) is 0.314. The molecule has 0 N–H and O–H groups in total. The van der Waals surface area contributed by atoms with Crippen LogP contribution in [0.25, 0.3) is 16.6 Å². The average Bonchev–Trinajstić information content (AvgIpc) is 3.27. The first-order valence-electron chi connectivity index (χ1n) is 13.5. The van der Waals surface area contributed by atoms with Gasteiger partial charge < -0.3 is 23.8 Å². The summed E-state index contributed by atoms with van der Waals surface area (Å²) in [5.41, 5.74) is 1.30. The highest BCUT2D eigenvalue weighted by atomic mass is 19.4. The van der Waals surface area contributed by atoms with E-state index in [1.807, 2.05) is 12.1 Å². The van der Waals surface area contributed by atoms with E-state index < -0.39 is 36.8 Å². The molecule has 3 aromatic rings. The number of nitrogens with zero attached hydrogens (tertiary/aromatic N) is 3. The summed E-state index contributed by atoms with van der Waals surface area (Å²) in [6.07, 6.45) is -3.82. The number of benzene rings is 2. The first kappa shape index (κ1) is 28.2. The number of amides is 1. The van der Waals surface area contributed by atoms with Crippen LogP contribution >= 0.6 is 0 Å². The molecular formula is C29H32F5N3O3. The van der Waals surface area contributed by atoms with Crippen molar-refractivity contribution in [3.05, 3.63) is 54.2 Å². The molecular weight excluding hydrogens is 533 g/mol. The number of fused-ring (bicyclic) bond motifs is 1. The Bertz CT molecular complexity index is 1340. The van der Waals surface area contributed by atoms with Crippen LogP contribution in [0.5, 0.6) is 11.5 Å². The van der Waals surface area contributed by atoms with Crippen molar-refractivity contribution >= 4 is 16.8 Å². The van der Waals surface area contributed by atoms with Crippen molar-refractivity contribution in [2.75, 3.05) is 26.2 Å². The monoisotopic (exact) mass is 565 g/mol. The smallest absolute Gasteiger partial charge is 0.490 e. The molecule has 5 rings (SSSR count). The fourth-order valence-electron chi connectivity index (χ4n) is 5.40. The van der Waals surface area contributed by atoms with Crippen LogP contribution < -0.4 is 9.47 Å². The summed E-state index contributed by atoms with van der Waals surface area (Å²) >= 11 is 0. The number of halogens is 5. The molecule has 1 aromatic heterocycles. The number of rotatable bonds is 6. The summed E-state index contributed by atoms with van der Waals surface area (Å²) in [6.45, 7) is 6.06. The lowest BCUT2D eigenvalue weighted by atomic mass is 10.1. The van der Waals surface area contributed by atoms with E-state index in [9.17, 15) is 26.7 Å². The van der Waals surface area contributed by atoms with Gasteiger partial charge in [-0.15, -0.1) is 13.2 Å². The van der Waals surface area contributed by atoms with Crippen LogP contribution in [0.3, 0.4) is 0 Å². The van der Waals surface area contributed by atoms with Crippen molar-refractivity contribution in [3.63, 3.8) is 0 Å². The van der Waals surface area contributed by atoms with E-state index in [0.717, 1.165) is 25.9 Å². The zero-order valence-corrected chi connectivity index (χ0v) is 22.4. The number of likely N-dealkylation sites (tertiary alicyclic amines) is 2. The van der Waals surface area contributed by atoms with E-state index in [1.165, 1.54) is 29.2 Å². The Labute approximate surface area is 229 Å². The Morgan fingerprint density at radius 1 is 0.925 bits per heavy atom. The molecule has 0 aliphatic carbocycles. The first-order valence-corrected chi connectivity index (χ1v) is 13.5. The summed E-state index contributed by atoms with van der Waals surface area (Å²) in [5, 5.41) is 0.693. The third-order valence-corrected chi connectivity index (χ3v) is 7.61. The van der Waals surface area contributed by atoms with Crippen LogP contribution in [0.2, 0.25) is 0 Å². The Kier molecular flexibility index (Phi) is 7.69. The molecule has 1 amide bonds. The molecule has 6 nitrogen and oxygen atoms in total. The van der Waals surface area contributed by atoms with Gasteiger partial charge in [0, 0.05) is 56.1 Å². The summed E-state index contributed by atoms with van der Waals surface area (Å²) in [7, 11) is 0. The molecule has 11 heteroatoms. The molecule has 2 fully saturated rings. The number of ether oxygens (including phenoxy) is 2. The van der Waals surface area contributed by atoms with Crippen LogP contribution in [0.1, 0.15) is 50.0 Å². The molecule has 216 valence electrons. The van der Waals surface area contributed by atoms with Gasteiger partial charge in [-0.3, -0.25) is 4.79 Å². The fourth-order valence-corrected chi connectivity index (χ4v) is 5.40. The van der Waals surface area contributed by atoms with Gasteiger partial charge in [0.15, 0.2) is 0 Å². The van der Waals surface area contributed by atoms with Gasteiger partial charge >= 0.3 is 6.36 Å². The van der Waals surface area contributed by atoms with E-state index in [0.29, 0.717) is 28.4 Å². The maximum atomic E-state index is 13.8. The van der Waals surface area contributed by atoms with Gasteiger partial charge in [-0.05, 0) is 75.2 Å². The van der Waals surface area contributed by atoms with Crippen molar-refractivity contribution in [1.82, 2.24) is 14.4 Å². The summed E-state index contributed by atoms with van der Waals surface area (Å²) < 4.78 is 77.4. The lowest BCUT2D eigenvalue weighted by Crippen LogP contribution is -2.43. The first-order chi connectivity index (χ1) is 18.9. The molecule has 40 heavy (non-hydrogen) atoms. The normalized spacial score (nSPS) is 18.9. The zero-order chi connectivity index (χ0) is 28.7. The van der Waals surface area contributed by atoms with Gasteiger partial charge in [0.2, 0.25) is 0 Å². The summed E-state index contributed by atoms with van der Waals surface area (Å²) in [6, 6.07) is 12.8. The molecule has 0 radical (unpaired) electrons. The van der Waals surface area contributed by atoms with Crippen molar-refractivity contribution in [2.45, 2.75) is 64.0 Å². The molecule has 0 atom stereocenters. The van der Waals surface area contributed by atoms with Gasteiger partial charge in [0.1, 0.15) is 23.3 Å². The highest BCUT2D eigenvalue weighted by Crippen LogP contribution is 2.33. The van der Waals surface area contributed by atoms with Crippen LogP contribution in [-0.4, -0.2) is 70.9 Å². The van der Waals surface area contributed by atoms with Gasteiger partial charge in [0.25, 0.3) is 11.8 Å². The molecule has 3 heterocycles. The van der Waals surface area contributed by atoms with Gasteiger partial charge in [-0.25, -0.2) is 8.78 Å². The predicted molar refractivity (Wildman–Crippen MR) is 140 cm³/mol. The summed E-state index contributed by atoms with van der Waals surface area (Å²) in [4.78, 5) is 17.4. The number of carbonyl (C=O) groups excluding carboxylic acids is 1. The van der Waals surface area contributed by atoms with E-state index in [-0.39, 0.29) is 24.9 Å².